The Bertz CT molecular complexity index is 826. The SMILES string of the molecule is CC1(C)[C@@H]2CC[C@@]1(C)C(=O)N(CCC[NH+]1CC[NH+](C/C=C/c3ccccc3)CC1)C2=O. The van der Waals surface area contributed by atoms with E-state index >= 15 is 0 Å². The lowest BCUT2D eigenvalue weighted by molar-refractivity contribution is -1.01. The summed E-state index contributed by atoms with van der Waals surface area (Å²) in [6.07, 6.45) is 7.13. The van der Waals surface area contributed by atoms with Gasteiger partial charge in [-0.25, -0.2) is 0 Å². The first-order chi connectivity index (χ1) is 14.8. The van der Waals surface area contributed by atoms with Gasteiger partial charge in [-0.05, 0) is 29.9 Å². The molecule has 4 rings (SSSR count). The van der Waals surface area contributed by atoms with Crippen LogP contribution in [0.1, 0.15) is 45.6 Å². The van der Waals surface area contributed by atoms with Crippen molar-refractivity contribution < 1.29 is 19.4 Å². The molecule has 1 aromatic carbocycles. The molecule has 5 heteroatoms. The molecule has 1 aromatic rings. The maximum atomic E-state index is 13.1. The number of nitrogens with zero attached hydrogens (tertiary/aromatic N) is 1. The Labute approximate surface area is 187 Å². The molecule has 1 aliphatic carbocycles. The van der Waals surface area contributed by atoms with Crippen molar-refractivity contribution in [2.75, 3.05) is 45.8 Å². The Kier molecular flexibility index (Phi) is 6.36. The van der Waals surface area contributed by atoms with Gasteiger partial charge in [-0.1, -0.05) is 57.2 Å². The molecule has 1 saturated carbocycles. The molecular formula is C26H39N3O2+2. The van der Waals surface area contributed by atoms with Gasteiger partial charge in [-0.3, -0.25) is 14.5 Å². The van der Waals surface area contributed by atoms with Gasteiger partial charge in [0.05, 0.1) is 18.5 Å². The first-order valence-corrected chi connectivity index (χ1v) is 12.1. The fourth-order valence-electron chi connectivity index (χ4n) is 5.94. The van der Waals surface area contributed by atoms with Crippen LogP contribution in [0.15, 0.2) is 36.4 Å². The Morgan fingerprint density at radius 1 is 1.03 bits per heavy atom. The van der Waals surface area contributed by atoms with E-state index in [1.807, 2.05) is 6.07 Å². The number of quaternary nitrogens is 2. The summed E-state index contributed by atoms with van der Waals surface area (Å²) >= 11 is 0. The highest BCUT2D eigenvalue weighted by molar-refractivity contribution is 6.03. The second kappa shape index (κ2) is 8.87. The van der Waals surface area contributed by atoms with Crippen LogP contribution in [0.3, 0.4) is 0 Å². The second-order valence-corrected chi connectivity index (χ2v) is 10.6. The molecule has 2 amide bonds. The zero-order valence-corrected chi connectivity index (χ0v) is 19.5. The quantitative estimate of drug-likeness (QED) is 0.632. The molecular weight excluding hydrogens is 386 g/mol. The Morgan fingerprint density at radius 2 is 1.71 bits per heavy atom. The van der Waals surface area contributed by atoms with Gasteiger partial charge in [0.1, 0.15) is 26.2 Å². The third-order valence-electron chi connectivity index (χ3n) is 8.60. The van der Waals surface area contributed by atoms with Crippen molar-refractivity contribution >= 4 is 17.9 Å². The summed E-state index contributed by atoms with van der Waals surface area (Å²) in [7, 11) is 0. The van der Waals surface area contributed by atoms with Crippen LogP contribution < -0.4 is 9.80 Å². The predicted octanol–water partition coefficient (Wildman–Crippen LogP) is 0.685. The number of carbonyl (C=O) groups excluding carboxylic acids is 2. The standard InChI is InChI=1S/C26H37N3O2/c1-25(2)22-12-13-26(25,3)24(31)29(23(22)30)16-8-15-28-19-17-27(18-20-28)14-7-11-21-9-5-4-6-10-21/h4-7,9-11,22H,8,12-20H2,1-3H3/p+2/b11-7+/t22-,26+/m1/s1. The average molecular weight is 426 g/mol. The smallest absolute Gasteiger partial charge is 0.235 e. The number of likely N-dealkylation sites (tertiary alicyclic amines) is 1. The molecule has 2 N–H and O–H groups in total. The fraction of sp³-hybridized carbons (Fsp3) is 0.615. The minimum absolute atomic E-state index is 0.0126. The predicted molar refractivity (Wildman–Crippen MR) is 123 cm³/mol. The molecule has 0 aromatic heterocycles. The minimum Gasteiger partial charge on any atom is -0.326 e. The highest BCUT2D eigenvalue weighted by atomic mass is 16.2. The van der Waals surface area contributed by atoms with E-state index in [1.165, 1.54) is 31.7 Å². The average Bonchev–Trinajstić information content (AvgIpc) is 2.96. The monoisotopic (exact) mass is 425 g/mol. The van der Waals surface area contributed by atoms with Crippen LogP contribution in [0.5, 0.6) is 0 Å². The molecule has 2 bridgehead atoms. The van der Waals surface area contributed by atoms with E-state index in [0.717, 1.165) is 32.4 Å². The van der Waals surface area contributed by atoms with Crippen molar-refractivity contribution in [3.05, 3.63) is 42.0 Å². The van der Waals surface area contributed by atoms with E-state index in [9.17, 15) is 9.59 Å². The van der Waals surface area contributed by atoms with Crippen LogP contribution in [-0.4, -0.2) is 62.5 Å². The van der Waals surface area contributed by atoms with E-state index < -0.39 is 0 Å². The third-order valence-corrected chi connectivity index (χ3v) is 8.60. The Balaban J connectivity index is 1.20. The van der Waals surface area contributed by atoms with Crippen molar-refractivity contribution in [2.45, 2.75) is 40.0 Å². The molecule has 0 unspecified atom stereocenters. The maximum Gasteiger partial charge on any atom is 0.235 e. The molecule has 2 aliphatic heterocycles. The zero-order chi connectivity index (χ0) is 22.1. The number of rotatable bonds is 7. The van der Waals surface area contributed by atoms with Crippen molar-refractivity contribution in [3.8, 4) is 0 Å². The topological polar surface area (TPSA) is 46.3 Å². The number of fused-ring (bicyclic) bond motifs is 2. The summed E-state index contributed by atoms with van der Waals surface area (Å²) in [6.45, 7) is 13.7. The molecule has 2 atom stereocenters. The molecule has 3 aliphatic rings. The number of benzene rings is 1. The van der Waals surface area contributed by atoms with E-state index in [1.54, 1.807) is 14.7 Å². The van der Waals surface area contributed by atoms with Gasteiger partial charge in [-0.2, -0.15) is 0 Å². The first kappa shape index (κ1) is 22.2. The van der Waals surface area contributed by atoms with Gasteiger partial charge in [0, 0.05) is 18.9 Å². The lowest BCUT2D eigenvalue weighted by Gasteiger charge is -2.47. The summed E-state index contributed by atoms with van der Waals surface area (Å²) in [6, 6.07) is 10.5. The van der Waals surface area contributed by atoms with Gasteiger partial charge in [0.25, 0.3) is 0 Å². The van der Waals surface area contributed by atoms with Crippen molar-refractivity contribution in [1.82, 2.24) is 4.90 Å². The van der Waals surface area contributed by atoms with Crippen molar-refractivity contribution in [2.24, 2.45) is 16.7 Å². The largest absolute Gasteiger partial charge is 0.326 e. The molecule has 2 saturated heterocycles. The minimum atomic E-state index is -0.374. The van der Waals surface area contributed by atoms with Crippen LogP contribution in [0.2, 0.25) is 0 Å². The summed E-state index contributed by atoms with van der Waals surface area (Å²) in [4.78, 5) is 31.0. The van der Waals surface area contributed by atoms with Gasteiger partial charge < -0.3 is 9.80 Å². The van der Waals surface area contributed by atoms with Crippen LogP contribution in [0, 0.1) is 16.7 Å². The lowest BCUT2D eigenvalue weighted by atomic mass is 9.62. The number of piperidine rings is 1. The van der Waals surface area contributed by atoms with E-state index in [-0.39, 0.29) is 28.6 Å². The highest BCUT2D eigenvalue weighted by Crippen LogP contribution is 2.59. The molecule has 168 valence electrons. The molecule has 5 nitrogen and oxygen atoms in total. The number of hydrogen-bond donors (Lipinski definition) is 2. The Morgan fingerprint density at radius 3 is 2.42 bits per heavy atom. The number of carbonyl (C=O) groups is 2. The number of imide groups is 1. The van der Waals surface area contributed by atoms with Gasteiger partial charge in [0.15, 0.2) is 0 Å². The first-order valence-electron chi connectivity index (χ1n) is 12.1. The van der Waals surface area contributed by atoms with Crippen molar-refractivity contribution in [1.29, 1.82) is 0 Å². The number of piperazine rings is 1. The van der Waals surface area contributed by atoms with Crippen LogP contribution in [0.4, 0.5) is 0 Å². The van der Waals surface area contributed by atoms with Gasteiger partial charge in [-0.15, -0.1) is 0 Å². The molecule has 0 radical (unpaired) electrons. The lowest BCUT2D eigenvalue weighted by Crippen LogP contribution is -3.28. The second-order valence-electron chi connectivity index (χ2n) is 10.6. The molecule has 2 heterocycles. The number of hydrogen-bond acceptors (Lipinski definition) is 2. The van der Waals surface area contributed by atoms with E-state index in [4.69, 9.17) is 0 Å². The van der Waals surface area contributed by atoms with Gasteiger partial charge in [0.2, 0.25) is 11.8 Å². The third kappa shape index (κ3) is 4.22. The number of amides is 2. The van der Waals surface area contributed by atoms with Crippen molar-refractivity contribution in [3.63, 3.8) is 0 Å². The summed E-state index contributed by atoms with van der Waals surface area (Å²) in [5.74, 6) is 0.170. The van der Waals surface area contributed by atoms with Crippen LogP contribution in [-0.2, 0) is 9.59 Å². The molecule has 31 heavy (non-hydrogen) atoms. The zero-order valence-electron chi connectivity index (χ0n) is 19.5. The molecule has 0 spiro atoms. The summed E-state index contributed by atoms with van der Waals surface area (Å²) in [5.41, 5.74) is 0.677. The van der Waals surface area contributed by atoms with Gasteiger partial charge >= 0.3 is 0 Å². The summed E-state index contributed by atoms with van der Waals surface area (Å²) < 4.78 is 0. The normalized spacial score (nSPS) is 32.7. The van der Waals surface area contributed by atoms with Crippen LogP contribution in [0.25, 0.3) is 6.08 Å². The summed E-state index contributed by atoms with van der Waals surface area (Å²) in [5, 5.41) is 0. The fourth-order valence-corrected chi connectivity index (χ4v) is 5.94. The van der Waals surface area contributed by atoms with E-state index in [2.05, 4.69) is 57.2 Å². The number of nitrogens with one attached hydrogen (secondary N) is 2. The maximum absolute atomic E-state index is 13.1. The molecule has 3 fully saturated rings. The van der Waals surface area contributed by atoms with Crippen LogP contribution >= 0.6 is 0 Å². The van der Waals surface area contributed by atoms with E-state index in [0.29, 0.717) is 6.54 Å². The highest BCUT2D eigenvalue weighted by Gasteiger charge is 2.64. The Hall–Kier alpha value is -1.98.